The van der Waals surface area contributed by atoms with Gasteiger partial charge in [-0.25, -0.2) is 0 Å². The largest absolute Gasteiger partial charge is 0.469 e. The second kappa shape index (κ2) is 10.8. The molecule has 0 spiro atoms. The third-order valence-corrected chi connectivity index (χ3v) is 5.21. The van der Waals surface area contributed by atoms with E-state index in [1.54, 1.807) is 36.4 Å². The van der Waals surface area contributed by atoms with Gasteiger partial charge in [-0.1, -0.05) is 42.0 Å². The number of amides is 2. The quantitative estimate of drug-likeness (QED) is 0.443. The second-order valence-electron chi connectivity index (χ2n) is 7.24. The Labute approximate surface area is 194 Å². The van der Waals surface area contributed by atoms with Crippen molar-refractivity contribution in [1.82, 2.24) is 5.32 Å². The number of furan rings is 1. The lowest BCUT2D eigenvalue weighted by Crippen LogP contribution is -2.31. The maximum atomic E-state index is 12.6. The molecule has 3 aromatic rings. The summed E-state index contributed by atoms with van der Waals surface area (Å²) in [6, 6.07) is 17.3. The Hall–Kier alpha value is -3.39. The lowest BCUT2D eigenvalue weighted by atomic mass is 10.0. The fourth-order valence-electron chi connectivity index (χ4n) is 3.07. The summed E-state index contributed by atoms with van der Waals surface area (Å²) in [5, 5.41) is 5.64. The van der Waals surface area contributed by atoms with Crippen LogP contribution in [0.1, 0.15) is 39.7 Å². The Morgan fingerprint density at radius 3 is 2.28 bits per heavy atom. The van der Waals surface area contributed by atoms with Gasteiger partial charge < -0.3 is 19.8 Å². The highest BCUT2D eigenvalue weighted by Gasteiger charge is 2.19. The van der Waals surface area contributed by atoms with Gasteiger partial charge in [-0.15, -0.1) is 0 Å². The standard InChI is InChI=1S/C24H23BrN2O5/c1-15-3-7-17(8-4-15)19(14-23(29)31-2)27-22(28)13-16-5-9-18(10-6-16)26-24(30)20-11-12-21(25)32-20/h3-12,19H,13-14H2,1-2H3,(H,26,30)(H,27,28). The highest BCUT2D eigenvalue weighted by Crippen LogP contribution is 2.20. The van der Waals surface area contributed by atoms with E-state index in [0.29, 0.717) is 10.4 Å². The predicted octanol–water partition coefficient (Wildman–Crippen LogP) is 4.57. The SMILES string of the molecule is COC(=O)CC(NC(=O)Cc1ccc(NC(=O)c2ccc(Br)o2)cc1)c1ccc(C)cc1. The lowest BCUT2D eigenvalue weighted by Gasteiger charge is -2.18. The summed E-state index contributed by atoms with van der Waals surface area (Å²) in [7, 11) is 1.32. The van der Waals surface area contributed by atoms with Crippen molar-refractivity contribution in [3.63, 3.8) is 0 Å². The van der Waals surface area contributed by atoms with Crippen molar-refractivity contribution in [2.75, 3.05) is 12.4 Å². The van der Waals surface area contributed by atoms with Crippen LogP contribution in [0.15, 0.2) is 69.8 Å². The van der Waals surface area contributed by atoms with Gasteiger partial charge in [0.25, 0.3) is 5.91 Å². The highest BCUT2D eigenvalue weighted by atomic mass is 79.9. The summed E-state index contributed by atoms with van der Waals surface area (Å²) in [4.78, 5) is 36.6. The van der Waals surface area contributed by atoms with Gasteiger partial charge in [0.1, 0.15) is 0 Å². The molecule has 2 amide bonds. The topological polar surface area (TPSA) is 97.6 Å². The van der Waals surface area contributed by atoms with Crippen molar-refractivity contribution in [2.24, 2.45) is 0 Å². The molecule has 0 saturated heterocycles. The van der Waals surface area contributed by atoms with Crippen molar-refractivity contribution >= 4 is 39.4 Å². The molecule has 3 rings (SSSR count). The molecule has 0 aliphatic rings. The fraction of sp³-hybridized carbons (Fsp3) is 0.208. The van der Waals surface area contributed by atoms with E-state index in [9.17, 15) is 14.4 Å². The number of esters is 1. The first-order valence-electron chi connectivity index (χ1n) is 9.92. The molecule has 8 heteroatoms. The van der Waals surface area contributed by atoms with Crippen LogP contribution >= 0.6 is 15.9 Å². The van der Waals surface area contributed by atoms with Crippen LogP contribution in [-0.4, -0.2) is 24.9 Å². The van der Waals surface area contributed by atoms with Gasteiger partial charge in [-0.05, 0) is 58.2 Å². The van der Waals surface area contributed by atoms with Crippen LogP contribution in [0.2, 0.25) is 0 Å². The Kier molecular flexibility index (Phi) is 7.83. The van der Waals surface area contributed by atoms with E-state index in [4.69, 9.17) is 9.15 Å². The Morgan fingerprint density at radius 2 is 1.69 bits per heavy atom. The molecule has 0 saturated carbocycles. The molecule has 1 aromatic heterocycles. The molecule has 2 aromatic carbocycles. The van der Waals surface area contributed by atoms with Crippen LogP contribution in [0.3, 0.4) is 0 Å². The summed E-state index contributed by atoms with van der Waals surface area (Å²) >= 11 is 3.16. The number of carbonyl (C=O) groups excluding carboxylic acids is 3. The average Bonchev–Trinajstić information content (AvgIpc) is 3.21. The monoisotopic (exact) mass is 498 g/mol. The molecule has 1 unspecified atom stereocenters. The maximum absolute atomic E-state index is 12.6. The number of methoxy groups -OCH3 is 1. The molecule has 166 valence electrons. The van der Waals surface area contributed by atoms with E-state index in [0.717, 1.165) is 16.7 Å². The van der Waals surface area contributed by atoms with Crippen LogP contribution in [0.4, 0.5) is 5.69 Å². The van der Waals surface area contributed by atoms with E-state index in [1.165, 1.54) is 7.11 Å². The smallest absolute Gasteiger partial charge is 0.307 e. The molecule has 0 aliphatic heterocycles. The molecule has 0 fully saturated rings. The first kappa shape index (κ1) is 23.3. The van der Waals surface area contributed by atoms with Crippen molar-refractivity contribution in [3.8, 4) is 0 Å². The van der Waals surface area contributed by atoms with E-state index >= 15 is 0 Å². The van der Waals surface area contributed by atoms with Gasteiger partial charge in [-0.2, -0.15) is 0 Å². The van der Waals surface area contributed by atoms with Crippen LogP contribution in [0, 0.1) is 6.92 Å². The normalized spacial score (nSPS) is 11.5. The lowest BCUT2D eigenvalue weighted by molar-refractivity contribution is -0.141. The summed E-state index contributed by atoms with van der Waals surface area (Å²) in [5.74, 6) is -0.811. The number of hydrogen-bond donors (Lipinski definition) is 2. The predicted molar refractivity (Wildman–Crippen MR) is 123 cm³/mol. The fourth-order valence-corrected chi connectivity index (χ4v) is 3.37. The van der Waals surface area contributed by atoms with Crippen LogP contribution in [-0.2, 0) is 20.7 Å². The van der Waals surface area contributed by atoms with Crippen LogP contribution in [0.5, 0.6) is 0 Å². The zero-order valence-corrected chi connectivity index (χ0v) is 19.3. The van der Waals surface area contributed by atoms with Gasteiger partial charge in [0.15, 0.2) is 10.4 Å². The van der Waals surface area contributed by atoms with Crippen molar-refractivity contribution in [3.05, 3.63) is 87.8 Å². The molecular formula is C24H23BrN2O5. The van der Waals surface area contributed by atoms with Crippen molar-refractivity contribution in [2.45, 2.75) is 25.8 Å². The van der Waals surface area contributed by atoms with Gasteiger partial charge in [-0.3, -0.25) is 14.4 Å². The summed E-state index contributed by atoms with van der Waals surface area (Å²) < 4.78 is 10.5. The van der Waals surface area contributed by atoms with Gasteiger partial charge in [0.2, 0.25) is 5.91 Å². The van der Waals surface area contributed by atoms with Gasteiger partial charge >= 0.3 is 5.97 Å². The van der Waals surface area contributed by atoms with E-state index in [2.05, 4.69) is 26.6 Å². The third-order valence-electron chi connectivity index (χ3n) is 4.79. The zero-order valence-electron chi connectivity index (χ0n) is 17.7. The number of carbonyl (C=O) groups is 3. The molecule has 7 nitrogen and oxygen atoms in total. The molecule has 0 bridgehead atoms. The number of aryl methyl sites for hydroxylation is 1. The van der Waals surface area contributed by atoms with Gasteiger partial charge in [0.05, 0.1) is 26.0 Å². The molecular weight excluding hydrogens is 476 g/mol. The maximum Gasteiger partial charge on any atom is 0.307 e. The minimum atomic E-state index is -0.485. The molecule has 2 N–H and O–H groups in total. The number of ether oxygens (including phenoxy) is 1. The minimum Gasteiger partial charge on any atom is -0.469 e. The Morgan fingerprint density at radius 1 is 1.00 bits per heavy atom. The summed E-state index contributed by atoms with van der Waals surface area (Å²) in [5.41, 5.74) is 3.26. The van der Waals surface area contributed by atoms with E-state index in [-0.39, 0.29) is 30.4 Å². The number of anilines is 1. The molecule has 32 heavy (non-hydrogen) atoms. The second-order valence-corrected chi connectivity index (χ2v) is 8.02. The minimum absolute atomic E-state index is 0.0408. The number of rotatable bonds is 8. The summed E-state index contributed by atoms with van der Waals surface area (Å²) in [6.07, 6.45) is 0.169. The van der Waals surface area contributed by atoms with E-state index < -0.39 is 12.0 Å². The average molecular weight is 499 g/mol. The number of nitrogens with one attached hydrogen (secondary N) is 2. The van der Waals surface area contributed by atoms with Crippen molar-refractivity contribution in [1.29, 1.82) is 0 Å². The third kappa shape index (κ3) is 6.55. The van der Waals surface area contributed by atoms with E-state index in [1.807, 2.05) is 31.2 Å². The Bertz CT molecular complexity index is 1090. The Balaban J connectivity index is 1.61. The first-order chi connectivity index (χ1) is 15.3. The highest BCUT2D eigenvalue weighted by molar-refractivity contribution is 9.10. The van der Waals surface area contributed by atoms with Crippen LogP contribution < -0.4 is 10.6 Å². The van der Waals surface area contributed by atoms with Crippen molar-refractivity contribution < 1.29 is 23.5 Å². The number of halogens is 1. The van der Waals surface area contributed by atoms with Crippen LogP contribution in [0.25, 0.3) is 0 Å². The summed E-state index contributed by atoms with van der Waals surface area (Å²) in [6.45, 7) is 1.97. The molecule has 0 aliphatic carbocycles. The molecule has 1 atom stereocenters. The zero-order chi connectivity index (χ0) is 23.1. The molecule has 0 radical (unpaired) electrons. The number of benzene rings is 2. The number of hydrogen-bond acceptors (Lipinski definition) is 5. The van der Waals surface area contributed by atoms with Gasteiger partial charge in [0, 0.05) is 5.69 Å². The first-order valence-corrected chi connectivity index (χ1v) is 10.7. The molecule has 1 heterocycles.